The molecule has 0 spiro atoms. The quantitative estimate of drug-likeness (QED) is 0.872. The van der Waals surface area contributed by atoms with Crippen LogP contribution in [0.15, 0.2) is 22.7 Å². The molecule has 1 aromatic heterocycles. The summed E-state index contributed by atoms with van der Waals surface area (Å²) < 4.78 is 3.27. The Morgan fingerprint density at radius 1 is 1.35 bits per heavy atom. The fourth-order valence-corrected chi connectivity index (χ4v) is 3.35. The SMILES string of the molecule is CC1(n2c(N)nc3cc(Br)ccc32)CCCC1. The number of rotatable bonds is 1. The Hall–Kier alpha value is -1.03. The monoisotopic (exact) mass is 293 g/mol. The predicted molar refractivity (Wildman–Crippen MR) is 74.0 cm³/mol. The lowest BCUT2D eigenvalue weighted by Crippen LogP contribution is -2.27. The Labute approximate surface area is 109 Å². The fourth-order valence-electron chi connectivity index (χ4n) is 3.00. The molecule has 2 aromatic rings. The first-order valence-electron chi connectivity index (χ1n) is 6.04. The van der Waals surface area contributed by atoms with E-state index in [2.05, 4.69) is 44.5 Å². The number of hydrogen-bond donors (Lipinski definition) is 1. The van der Waals surface area contributed by atoms with E-state index >= 15 is 0 Å². The van der Waals surface area contributed by atoms with E-state index in [1.807, 2.05) is 6.07 Å². The highest BCUT2D eigenvalue weighted by Crippen LogP contribution is 2.40. The molecule has 0 aliphatic heterocycles. The second-order valence-electron chi connectivity index (χ2n) is 5.14. The number of benzene rings is 1. The molecular weight excluding hydrogens is 278 g/mol. The number of hydrogen-bond acceptors (Lipinski definition) is 2. The van der Waals surface area contributed by atoms with E-state index in [9.17, 15) is 0 Å². The molecule has 0 unspecified atom stereocenters. The zero-order valence-electron chi connectivity index (χ0n) is 9.91. The first kappa shape index (κ1) is 11.1. The summed E-state index contributed by atoms with van der Waals surface area (Å²) in [5.74, 6) is 0.641. The van der Waals surface area contributed by atoms with Gasteiger partial charge in [0.1, 0.15) is 0 Å². The minimum Gasteiger partial charge on any atom is -0.369 e. The maximum absolute atomic E-state index is 6.10. The molecule has 4 heteroatoms. The van der Waals surface area contributed by atoms with Crippen molar-refractivity contribution in [2.75, 3.05) is 5.73 Å². The van der Waals surface area contributed by atoms with Crippen molar-refractivity contribution < 1.29 is 0 Å². The van der Waals surface area contributed by atoms with E-state index in [-0.39, 0.29) is 5.54 Å². The van der Waals surface area contributed by atoms with Crippen molar-refractivity contribution in [3.8, 4) is 0 Å². The third-order valence-corrected chi connectivity index (χ3v) is 4.36. The van der Waals surface area contributed by atoms with E-state index in [1.54, 1.807) is 0 Å². The van der Waals surface area contributed by atoms with Crippen molar-refractivity contribution in [3.63, 3.8) is 0 Å². The second kappa shape index (κ2) is 3.73. The van der Waals surface area contributed by atoms with Crippen LogP contribution >= 0.6 is 15.9 Å². The smallest absolute Gasteiger partial charge is 0.201 e. The lowest BCUT2D eigenvalue weighted by Gasteiger charge is -2.27. The van der Waals surface area contributed by atoms with Crippen LogP contribution in [0.1, 0.15) is 32.6 Å². The standard InChI is InChI=1S/C13H16BrN3/c1-13(6-2-3-7-13)17-11-5-4-9(14)8-10(11)16-12(17)15/h4-5,8H,2-3,6-7H2,1H3,(H2,15,16). The number of nitrogens with two attached hydrogens (primary N) is 1. The summed E-state index contributed by atoms with van der Waals surface area (Å²) >= 11 is 3.47. The van der Waals surface area contributed by atoms with Crippen LogP contribution in [0.2, 0.25) is 0 Å². The fraction of sp³-hybridized carbons (Fsp3) is 0.462. The number of halogens is 1. The highest BCUT2D eigenvalue weighted by atomic mass is 79.9. The normalized spacial score (nSPS) is 18.9. The molecule has 0 atom stereocenters. The number of imidazole rings is 1. The summed E-state index contributed by atoms with van der Waals surface area (Å²) in [7, 11) is 0. The third kappa shape index (κ3) is 1.66. The van der Waals surface area contributed by atoms with Gasteiger partial charge in [0, 0.05) is 10.0 Å². The van der Waals surface area contributed by atoms with Crippen LogP contribution in [0, 0.1) is 0 Å². The molecule has 1 aliphatic carbocycles. The Morgan fingerprint density at radius 3 is 2.76 bits per heavy atom. The summed E-state index contributed by atoms with van der Waals surface area (Å²) in [5.41, 5.74) is 8.38. The summed E-state index contributed by atoms with van der Waals surface area (Å²) in [6.07, 6.45) is 4.95. The molecule has 2 N–H and O–H groups in total. The Bertz CT molecular complexity index is 567. The van der Waals surface area contributed by atoms with Gasteiger partial charge in [-0.2, -0.15) is 0 Å². The highest BCUT2D eigenvalue weighted by Gasteiger charge is 2.33. The number of nitrogen functional groups attached to an aromatic ring is 1. The topological polar surface area (TPSA) is 43.8 Å². The van der Waals surface area contributed by atoms with Crippen LogP contribution in [-0.4, -0.2) is 9.55 Å². The van der Waals surface area contributed by atoms with Gasteiger partial charge in [0.15, 0.2) is 0 Å². The minimum absolute atomic E-state index is 0.145. The van der Waals surface area contributed by atoms with Gasteiger partial charge < -0.3 is 10.3 Å². The molecular formula is C13H16BrN3. The van der Waals surface area contributed by atoms with Crippen molar-refractivity contribution in [1.29, 1.82) is 0 Å². The molecule has 0 radical (unpaired) electrons. The second-order valence-corrected chi connectivity index (χ2v) is 6.06. The molecule has 17 heavy (non-hydrogen) atoms. The van der Waals surface area contributed by atoms with Crippen LogP contribution in [-0.2, 0) is 5.54 Å². The van der Waals surface area contributed by atoms with Gasteiger partial charge in [-0.25, -0.2) is 4.98 Å². The van der Waals surface area contributed by atoms with Gasteiger partial charge in [0.25, 0.3) is 0 Å². The van der Waals surface area contributed by atoms with Crippen LogP contribution < -0.4 is 5.73 Å². The van der Waals surface area contributed by atoms with E-state index in [1.165, 1.54) is 25.7 Å². The van der Waals surface area contributed by atoms with Gasteiger partial charge in [-0.05, 0) is 38.0 Å². The first-order chi connectivity index (χ1) is 8.10. The van der Waals surface area contributed by atoms with Gasteiger partial charge in [-0.3, -0.25) is 0 Å². The van der Waals surface area contributed by atoms with Gasteiger partial charge in [-0.1, -0.05) is 28.8 Å². The highest BCUT2D eigenvalue weighted by molar-refractivity contribution is 9.10. The molecule has 1 saturated carbocycles. The first-order valence-corrected chi connectivity index (χ1v) is 6.83. The zero-order chi connectivity index (χ0) is 12.0. The predicted octanol–water partition coefficient (Wildman–Crippen LogP) is 3.67. The van der Waals surface area contributed by atoms with Crippen molar-refractivity contribution in [2.45, 2.75) is 38.1 Å². The zero-order valence-corrected chi connectivity index (χ0v) is 11.5. The molecule has 1 heterocycles. The Morgan fingerprint density at radius 2 is 2.06 bits per heavy atom. The molecule has 90 valence electrons. The summed E-state index contributed by atoms with van der Waals surface area (Å²) in [6, 6.07) is 6.19. The average molecular weight is 294 g/mol. The summed E-state index contributed by atoms with van der Waals surface area (Å²) in [4.78, 5) is 4.47. The molecule has 1 fully saturated rings. The Kier molecular flexibility index (Phi) is 2.43. The average Bonchev–Trinajstić information content (AvgIpc) is 2.81. The lowest BCUT2D eigenvalue weighted by atomic mass is 10.00. The van der Waals surface area contributed by atoms with Crippen LogP contribution in [0.25, 0.3) is 11.0 Å². The number of anilines is 1. The number of fused-ring (bicyclic) bond motifs is 1. The van der Waals surface area contributed by atoms with Gasteiger partial charge in [-0.15, -0.1) is 0 Å². The largest absolute Gasteiger partial charge is 0.369 e. The van der Waals surface area contributed by atoms with Crippen molar-refractivity contribution in [1.82, 2.24) is 9.55 Å². The molecule has 0 amide bonds. The van der Waals surface area contributed by atoms with Crippen LogP contribution in [0.3, 0.4) is 0 Å². The summed E-state index contributed by atoms with van der Waals surface area (Å²) in [5, 5.41) is 0. The van der Waals surface area contributed by atoms with E-state index in [4.69, 9.17) is 5.73 Å². The molecule has 0 bridgehead atoms. The molecule has 1 aliphatic rings. The van der Waals surface area contributed by atoms with E-state index < -0.39 is 0 Å². The number of aromatic nitrogens is 2. The van der Waals surface area contributed by atoms with Crippen LogP contribution in [0.4, 0.5) is 5.95 Å². The van der Waals surface area contributed by atoms with Crippen molar-refractivity contribution >= 4 is 32.9 Å². The van der Waals surface area contributed by atoms with E-state index in [0.29, 0.717) is 5.95 Å². The molecule has 3 nitrogen and oxygen atoms in total. The van der Waals surface area contributed by atoms with Crippen molar-refractivity contribution in [2.24, 2.45) is 0 Å². The third-order valence-electron chi connectivity index (χ3n) is 3.86. The molecule has 1 aromatic carbocycles. The van der Waals surface area contributed by atoms with Gasteiger partial charge in [0.05, 0.1) is 11.0 Å². The number of nitrogens with zero attached hydrogens (tertiary/aromatic N) is 2. The van der Waals surface area contributed by atoms with Crippen LogP contribution in [0.5, 0.6) is 0 Å². The maximum atomic E-state index is 6.10. The molecule has 3 rings (SSSR count). The Balaban J connectivity index is 2.25. The molecule has 0 saturated heterocycles. The lowest BCUT2D eigenvalue weighted by molar-refractivity contribution is 0.344. The maximum Gasteiger partial charge on any atom is 0.201 e. The van der Waals surface area contributed by atoms with Gasteiger partial charge in [0.2, 0.25) is 5.95 Å². The summed E-state index contributed by atoms with van der Waals surface area (Å²) in [6.45, 7) is 2.29. The van der Waals surface area contributed by atoms with Crippen molar-refractivity contribution in [3.05, 3.63) is 22.7 Å². The minimum atomic E-state index is 0.145. The van der Waals surface area contributed by atoms with Gasteiger partial charge >= 0.3 is 0 Å². The van der Waals surface area contributed by atoms with E-state index in [0.717, 1.165) is 15.5 Å².